The molecule has 0 rings (SSSR count). The summed E-state index contributed by atoms with van der Waals surface area (Å²) in [6, 6.07) is 0. The summed E-state index contributed by atoms with van der Waals surface area (Å²) in [5.74, 6) is 0. The fraction of sp³-hybridized carbons (Fsp3) is 0.333. The smallest absolute Gasteiger partial charge is 0.457 e. The molecule has 0 aliphatic heterocycles. The number of hydrogen-bond acceptors (Lipinski definition) is 0. The second-order valence-corrected chi connectivity index (χ2v) is 1.28. The minimum absolute atomic E-state index is 0. The second kappa shape index (κ2) is 4.14. The van der Waals surface area contributed by atoms with Crippen LogP contribution in [0.3, 0.4) is 0 Å². The molecular weight excluding hydrogens is 211 g/mol. The van der Waals surface area contributed by atoms with Gasteiger partial charge in [-0.25, -0.2) is 0 Å². The molecule has 0 aromatic carbocycles. The molecule has 0 saturated carbocycles. The van der Waals surface area contributed by atoms with Gasteiger partial charge in [0.15, 0.2) is 0 Å². The summed E-state index contributed by atoms with van der Waals surface area (Å²) in [4.78, 5) is 0. The molecular formula is C3ClCuF4. The Balaban J connectivity index is 0. The first-order valence-electron chi connectivity index (χ1n) is 1.44. The van der Waals surface area contributed by atoms with Crippen molar-refractivity contribution in [3.8, 4) is 0 Å². The maximum absolute atomic E-state index is 11.0. The van der Waals surface area contributed by atoms with Crippen LogP contribution in [0.15, 0.2) is 5.03 Å². The van der Waals surface area contributed by atoms with Crippen molar-refractivity contribution in [3.63, 3.8) is 0 Å². The molecule has 0 nitrogen and oxygen atoms in total. The topological polar surface area (TPSA) is 0 Å². The zero-order valence-electron chi connectivity index (χ0n) is 3.69. The van der Waals surface area contributed by atoms with E-state index in [-0.39, 0.29) is 23.4 Å². The molecule has 0 fully saturated rings. The van der Waals surface area contributed by atoms with Crippen LogP contribution in [0.5, 0.6) is 0 Å². The largest absolute Gasteiger partial charge is 1.00 e. The Morgan fingerprint density at radius 2 is 1.67 bits per heavy atom. The molecule has 0 amide bonds. The van der Waals surface area contributed by atoms with Gasteiger partial charge in [0.25, 0.3) is 0 Å². The molecule has 6 heteroatoms. The van der Waals surface area contributed by atoms with Crippen LogP contribution in [0.25, 0.3) is 0 Å². The molecule has 0 N–H and O–H groups in total. The van der Waals surface area contributed by atoms with Gasteiger partial charge >= 0.3 is 23.2 Å². The van der Waals surface area contributed by atoms with Gasteiger partial charge in [-0.2, -0.15) is 13.2 Å². The van der Waals surface area contributed by atoms with E-state index in [2.05, 4.69) is 11.6 Å². The molecule has 0 bridgehead atoms. The van der Waals surface area contributed by atoms with Gasteiger partial charge in [-0.3, -0.25) is 6.33 Å². The van der Waals surface area contributed by atoms with E-state index in [0.717, 1.165) is 0 Å². The van der Waals surface area contributed by atoms with E-state index in [1.165, 1.54) is 0 Å². The number of hydrogen-bond donors (Lipinski definition) is 0. The van der Waals surface area contributed by atoms with Gasteiger partial charge in [0.1, 0.15) is 0 Å². The number of alkyl halides is 3. The van der Waals surface area contributed by atoms with Crippen LogP contribution in [-0.2, 0) is 17.1 Å². The van der Waals surface area contributed by atoms with Gasteiger partial charge < -0.3 is 4.39 Å². The first-order chi connectivity index (χ1) is 3.48. The summed E-state index contributed by atoms with van der Waals surface area (Å²) in [6.45, 7) is 0. The zero-order valence-corrected chi connectivity index (χ0v) is 5.39. The second-order valence-electron chi connectivity index (χ2n) is 0.906. The van der Waals surface area contributed by atoms with Crippen LogP contribution in [0, 0.1) is 6.33 Å². The van der Waals surface area contributed by atoms with Crippen molar-refractivity contribution in [1.29, 1.82) is 0 Å². The van der Waals surface area contributed by atoms with Gasteiger partial charge in [0.2, 0.25) is 0 Å². The van der Waals surface area contributed by atoms with Crippen molar-refractivity contribution in [2.75, 3.05) is 0 Å². The quantitative estimate of drug-likeness (QED) is 0.328. The van der Waals surface area contributed by atoms with Gasteiger partial charge in [-0.15, -0.1) is 11.6 Å². The Kier molecular flexibility index (Phi) is 5.52. The molecule has 0 spiro atoms. The summed E-state index contributed by atoms with van der Waals surface area (Å²) in [7, 11) is 0. The van der Waals surface area contributed by atoms with E-state index in [1.54, 1.807) is 0 Å². The molecule has 9 heavy (non-hydrogen) atoms. The molecule has 0 heterocycles. The van der Waals surface area contributed by atoms with Gasteiger partial charge in [0, 0.05) is 0 Å². The SMILES string of the molecule is F[C-]=C(Cl)C(F)(F)F.[Cu+]. The number of allylic oxidation sites excluding steroid dienone is 1. The minimum Gasteiger partial charge on any atom is -0.457 e. The van der Waals surface area contributed by atoms with Gasteiger partial charge in [-0.05, 0) is 5.03 Å². The third kappa shape index (κ3) is 4.75. The summed E-state index contributed by atoms with van der Waals surface area (Å²) >= 11 is 4.25. The molecule has 58 valence electrons. The fourth-order valence-electron chi connectivity index (χ4n) is 0.0536. The fourth-order valence-corrected chi connectivity index (χ4v) is 0.0536. The van der Waals surface area contributed by atoms with Crippen LogP contribution in [-0.4, -0.2) is 6.18 Å². The maximum Gasteiger partial charge on any atom is 1.00 e. The van der Waals surface area contributed by atoms with Crippen molar-refractivity contribution < 1.29 is 34.6 Å². The maximum atomic E-state index is 11.0. The predicted octanol–water partition coefficient (Wildman–Crippen LogP) is 2.40. The van der Waals surface area contributed by atoms with Crippen molar-refractivity contribution in [3.05, 3.63) is 11.4 Å². The summed E-state index contributed by atoms with van der Waals surface area (Å²) in [5.41, 5.74) is 0. The van der Waals surface area contributed by atoms with Crippen LogP contribution >= 0.6 is 11.6 Å². The monoisotopic (exact) mass is 210 g/mol. The van der Waals surface area contributed by atoms with E-state index in [1.807, 2.05) is 0 Å². The average Bonchev–Trinajstić information content (AvgIpc) is 1.62. The Labute approximate surface area is 64.3 Å². The summed E-state index contributed by atoms with van der Waals surface area (Å²) in [5, 5.41) is -1.86. The van der Waals surface area contributed by atoms with E-state index in [9.17, 15) is 17.6 Å². The first kappa shape index (κ1) is 12.0. The molecule has 0 aromatic heterocycles. The van der Waals surface area contributed by atoms with Crippen molar-refractivity contribution >= 4 is 11.6 Å². The predicted molar refractivity (Wildman–Crippen MR) is 19.8 cm³/mol. The van der Waals surface area contributed by atoms with E-state index in [0.29, 0.717) is 0 Å². The molecule has 0 radical (unpaired) electrons. The molecule has 0 aromatic rings. The van der Waals surface area contributed by atoms with E-state index in [4.69, 9.17) is 0 Å². The van der Waals surface area contributed by atoms with Gasteiger partial charge in [-0.1, -0.05) is 0 Å². The third-order valence-electron chi connectivity index (χ3n) is 0.332. The van der Waals surface area contributed by atoms with E-state index >= 15 is 0 Å². The zero-order chi connectivity index (χ0) is 6.78. The molecule has 0 saturated heterocycles. The van der Waals surface area contributed by atoms with Crippen LogP contribution in [0.2, 0.25) is 0 Å². The Hall–Kier alpha value is 0.269. The van der Waals surface area contributed by atoms with Crippen LogP contribution in [0.1, 0.15) is 0 Å². The van der Waals surface area contributed by atoms with Crippen LogP contribution < -0.4 is 0 Å². The van der Waals surface area contributed by atoms with Crippen molar-refractivity contribution in [2.24, 2.45) is 0 Å². The molecule has 0 unspecified atom stereocenters. The Morgan fingerprint density at radius 1 is 1.33 bits per heavy atom. The molecule has 0 atom stereocenters. The number of rotatable bonds is 0. The normalized spacial score (nSPS) is 12.8. The average molecular weight is 211 g/mol. The number of halogens is 5. The Bertz CT molecular complexity index is 107. The first-order valence-corrected chi connectivity index (χ1v) is 1.82. The molecule has 0 aliphatic carbocycles. The standard InChI is InChI=1S/C3ClF4.Cu/c4-2(1-5)3(6,7)8;/q-1;+1. The van der Waals surface area contributed by atoms with E-state index < -0.39 is 11.2 Å². The van der Waals surface area contributed by atoms with Gasteiger partial charge in [0.05, 0.1) is 0 Å². The van der Waals surface area contributed by atoms with Crippen molar-refractivity contribution in [1.82, 2.24) is 0 Å². The van der Waals surface area contributed by atoms with Crippen LogP contribution in [0.4, 0.5) is 17.6 Å². The molecule has 0 aliphatic rings. The Morgan fingerprint density at radius 3 is 1.67 bits per heavy atom. The van der Waals surface area contributed by atoms with Crippen molar-refractivity contribution in [2.45, 2.75) is 6.18 Å². The summed E-state index contributed by atoms with van der Waals surface area (Å²) in [6.07, 6.45) is -4.53. The summed E-state index contributed by atoms with van der Waals surface area (Å²) < 4.78 is 43.7. The minimum atomic E-state index is -4.80. The third-order valence-corrected chi connectivity index (χ3v) is 0.618.